The maximum absolute atomic E-state index is 9.39. The Morgan fingerprint density at radius 1 is 1.29 bits per heavy atom. The molecule has 1 unspecified atom stereocenters. The second-order valence-corrected chi connectivity index (χ2v) is 6.23. The molecule has 2 heterocycles. The summed E-state index contributed by atoms with van der Waals surface area (Å²) in [7, 11) is 0. The molecule has 0 aliphatic carbocycles. The number of aromatic nitrogens is 3. The van der Waals surface area contributed by atoms with E-state index in [2.05, 4.69) is 20.4 Å². The second kappa shape index (κ2) is 6.93. The molecule has 0 amide bonds. The number of hydrogen-bond acceptors (Lipinski definition) is 6. The lowest BCUT2D eigenvalue weighted by Gasteiger charge is -2.14. The molecule has 0 saturated heterocycles. The highest BCUT2D eigenvalue weighted by Crippen LogP contribution is 2.35. The molecule has 6 nitrogen and oxygen atoms in total. The number of nitrogens with one attached hydrogen (secondary N) is 1. The Morgan fingerprint density at radius 2 is 2.08 bits per heavy atom. The van der Waals surface area contributed by atoms with Crippen LogP contribution in [0.15, 0.2) is 22.7 Å². The Balaban J connectivity index is 2.14. The van der Waals surface area contributed by atoms with Crippen LogP contribution in [-0.2, 0) is 0 Å². The van der Waals surface area contributed by atoms with Crippen LogP contribution in [0.3, 0.4) is 0 Å². The molecule has 126 valence electrons. The first-order valence-corrected chi connectivity index (χ1v) is 8.26. The zero-order valence-electron chi connectivity index (χ0n) is 13.2. The minimum absolute atomic E-state index is 0.00888. The van der Waals surface area contributed by atoms with Gasteiger partial charge in [-0.05, 0) is 31.5 Å². The predicted octanol–water partition coefficient (Wildman–Crippen LogP) is 4.08. The monoisotopic (exact) mass is 366 g/mol. The zero-order valence-corrected chi connectivity index (χ0v) is 14.7. The third-order valence-electron chi connectivity index (χ3n) is 3.67. The van der Waals surface area contributed by atoms with Crippen molar-refractivity contribution in [2.45, 2.75) is 26.3 Å². The van der Waals surface area contributed by atoms with Gasteiger partial charge in [-0.15, -0.1) is 0 Å². The van der Waals surface area contributed by atoms with E-state index in [0.717, 1.165) is 6.42 Å². The number of benzene rings is 1. The standard InChI is InChI=1S/C16H16Cl2N4O2/c1-3-10(7-23)21-16-15-14(19-8(2)20-16)13(22-24-15)11-5-4-9(17)6-12(11)18/h4-6,10,23H,3,7H2,1-2H3,(H,19,20,21). The Bertz CT molecular complexity index is 878. The molecule has 0 bridgehead atoms. The highest BCUT2D eigenvalue weighted by Gasteiger charge is 2.20. The Labute approximate surface area is 148 Å². The van der Waals surface area contributed by atoms with Gasteiger partial charge in [0.25, 0.3) is 0 Å². The van der Waals surface area contributed by atoms with Crippen LogP contribution in [-0.4, -0.2) is 32.9 Å². The molecule has 2 N–H and O–H groups in total. The van der Waals surface area contributed by atoms with Gasteiger partial charge in [0.15, 0.2) is 5.82 Å². The number of nitrogens with zero attached hydrogens (tertiary/aromatic N) is 3. The molecule has 1 aromatic carbocycles. The van der Waals surface area contributed by atoms with Gasteiger partial charge in [0.2, 0.25) is 5.58 Å². The van der Waals surface area contributed by atoms with Crippen LogP contribution >= 0.6 is 23.2 Å². The van der Waals surface area contributed by atoms with Gasteiger partial charge >= 0.3 is 0 Å². The normalized spacial score (nSPS) is 12.5. The van der Waals surface area contributed by atoms with Crippen LogP contribution in [0.2, 0.25) is 10.0 Å². The molecule has 0 radical (unpaired) electrons. The molecule has 2 aromatic heterocycles. The van der Waals surface area contributed by atoms with Crippen LogP contribution in [0.4, 0.5) is 5.82 Å². The summed E-state index contributed by atoms with van der Waals surface area (Å²) >= 11 is 12.2. The molecule has 1 atom stereocenters. The fourth-order valence-corrected chi connectivity index (χ4v) is 2.87. The average molecular weight is 367 g/mol. The maximum atomic E-state index is 9.39. The van der Waals surface area contributed by atoms with Gasteiger partial charge in [0, 0.05) is 10.6 Å². The van der Waals surface area contributed by atoms with Crippen molar-refractivity contribution in [1.29, 1.82) is 0 Å². The van der Waals surface area contributed by atoms with Gasteiger partial charge in [-0.25, -0.2) is 9.97 Å². The minimum Gasteiger partial charge on any atom is -0.394 e. The van der Waals surface area contributed by atoms with E-state index in [1.165, 1.54) is 0 Å². The van der Waals surface area contributed by atoms with E-state index in [4.69, 9.17) is 27.7 Å². The van der Waals surface area contributed by atoms with Crippen LogP contribution < -0.4 is 5.32 Å². The third-order valence-corrected chi connectivity index (χ3v) is 4.22. The Morgan fingerprint density at radius 3 is 2.75 bits per heavy atom. The van der Waals surface area contributed by atoms with Crippen molar-refractivity contribution in [3.8, 4) is 11.3 Å². The SMILES string of the molecule is CCC(CO)Nc1nc(C)nc2c(-c3ccc(Cl)cc3Cl)noc12. The summed E-state index contributed by atoms with van der Waals surface area (Å²) in [5.74, 6) is 1.06. The molecule has 24 heavy (non-hydrogen) atoms. The van der Waals surface area contributed by atoms with Crippen molar-refractivity contribution in [2.24, 2.45) is 0 Å². The summed E-state index contributed by atoms with van der Waals surface area (Å²) in [5.41, 5.74) is 2.19. The first kappa shape index (κ1) is 17.0. The van der Waals surface area contributed by atoms with Crippen LogP contribution in [0.25, 0.3) is 22.4 Å². The largest absolute Gasteiger partial charge is 0.394 e. The van der Waals surface area contributed by atoms with Gasteiger partial charge < -0.3 is 14.9 Å². The molecular formula is C16H16Cl2N4O2. The number of fused-ring (bicyclic) bond motifs is 1. The van der Waals surface area contributed by atoms with Crippen molar-refractivity contribution >= 4 is 40.1 Å². The average Bonchev–Trinajstić information content (AvgIpc) is 2.96. The van der Waals surface area contributed by atoms with Crippen molar-refractivity contribution in [1.82, 2.24) is 15.1 Å². The van der Waals surface area contributed by atoms with Crippen LogP contribution in [0, 0.1) is 6.92 Å². The summed E-state index contributed by atoms with van der Waals surface area (Å²) in [6, 6.07) is 5.02. The molecule has 0 aliphatic rings. The highest BCUT2D eigenvalue weighted by molar-refractivity contribution is 6.36. The molecule has 3 aromatic rings. The molecule has 0 aliphatic heterocycles. The van der Waals surface area contributed by atoms with Gasteiger partial charge in [-0.1, -0.05) is 35.3 Å². The number of rotatable bonds is 5. The minimum atomic E-state index is -0.129. The van der Waals surface area contributed by atoms with E-state index < -0.39 is 0 Å². The Kier molecular flexibility index (Phi) is 4.89. The van der Waals surface area contributed by atoms with E-state index >= 15 is 0 Å². The summed E-state index contributed by atoms with van der Waals surface area (Å²) in [5, 5.41) is 17.7. The number of halogens is 2. The van der Waals surface area contributed by atoms with Crippen LogP contribution in [0.5, 0.6) is 0 Å². The lowest BCUT2D eigenvalue weighted by Crippen LogP contribution is -2.23. The topological polar surface area (TPSA) is 84.1 Å². The zero-order chi connectivity index (χ0) is 17.3. The van der Waals surface area contributed by atoms with Crippen molar-refractivity contribution in [2.75, 3.05) is 11.9 Å². The van der Waals surface area contributed by atoms with Gasteiger partial charge in [-0.2, -0.15) is 0 Å². The fraction of sp³-hybridized carbons (Fsp3) is 0.312. The number of hydrogen-bond donors (Lipinski definition) is 2. The van der Waals surface area contributed by atoms with Gasteiger partial charge in [-0.3, -0.25) is 0 Å². The third kappa shape index (κ3) is 3.17. The first-order chi connectivity index (χ1) is 11.5. The highest BCUT2D eigenvalue weighted by atomic mass is 35.5. The molecule has 0 spiro atoms. The fourth-order valence-electron chi connectivity index (χ4n) is 2.37. The number of anilines is 1. The predicted molar refractivity (Wildman–Crippen MR) is 94.6 cm³/mol. The molecule has 0 saturated carbocycles. The lowest BCUT2D eigenvalue weighted by atomic mass is 10.1. The summed E-state index contributed by atoms with van der Waals surface area (Å²) in [6.07, 6.45) is 0.741. The maximum Gasteiger partial charge on any atom is 0.228 e. The molecule has 0 fully saturated rings. The van der Waals surface area contributed by atoms with Crippen molar-refractivity contribution in [3.63, 3.8) is 0 Å². The van der Waals surface area contributed by atoms with E-state index in [-0.39, 0.29) is 12.6 Å². The van der Waals surface area contributed by atoms with Crippen LogP contribution in [0.1, 0.15) is 19.2 Å². The van der Waals surface area contributed by atoms with Gasteiger partial charge in [0.05, 0.1) is 17.7 Å². The number of aliphatic hydroxyl groups excluding tert-OH is 1. The quantitative estimate of drug-likeness (QED) is 0.707. The van der Waals surface area contributed by atoms with Crippen molar-refractivity contribution in [3.05, 3.63) is 34.1 Å². The van der Waals surface area contributed by atoms with E-state index in [1.54, 1.807) is 25.1 Å². The molecule has 3 rings (SSSR count). The first-order valence-electron chi connectivity index (χ1n) is 7.50. The van der Waals surface area contributed by atoms with E-state index in [9.17, 15) is 5.11 Å². The van der Waals surface area contributed by atoms with Gasteiger partial charge in [0.1, 0.15) is 17.0 Å². The smallest absolute Gasteiger partial charge is 0.228 e. The summed E-state index contributed by atoms with van der Waals surface area (Å²) in [4.78, 5) is 8.79. The number of aryl methyl sites for hydroxylation is 1. The Hall–Kier alpha value is -1.89. The van der Waals surface area contributed by atoms with E-state index in [0.29, 0.717) is 44.0 Å². The molecule has 8 heteroatoms. The second-order valence-electron chi connectivity index (χ2n) is 5.38. The molecular weight excluding hydrogens is 351 g/mol. The summed E-state index contributed by atoms with van der Waals surface area (Å²) < 4.78 is 5.45. The summed E-state index contributed by atoms with van der Waals surface area (Å²) in [6.45, 7) is 3.74. The number of aliphatic hydroxyl groups is 1. The lowest BCUT2D eigenvalue weighted by molar-refractivity contribution is 0.271. The van der Waals surface area contributed by atoms with E-state index in [1.807, 2.05) is 6.92 Å². The van der Waals surface area contributed by atoms with Crippen molar-refractivity contribution < 1.29 is 9.63 Å².